The second-order valence-electron chi connectivity index (χ2n) is 6.83. The molecule has 2 aromatic carbocycles. The van der Waals surface area contributed by atoms with E-state index in [0.29, 0.717) is 10.4 Å². The summed E-state index contributed by atoms with van der Waals surface area (Å²) in [5.41, 5.74) is 1.41. The molecule has 152 valence electrons. The zero-order valence-electron chi connectivity index (χ0n) is 15.9. The van der Waals surface area contributed by atoms with E-state index in [2.05, 4.69) is 0 Å². The predicted octanol–water partition coefficient (Wildman–Crippen LogP) is 5.22. The number of aliphatic hydroxyl groups is 1. The maximum absolute atomic E-state index is 13.9. The first-order chi connectivity index (χ1) is 14.4. The van der Waals surface area contributed by atoms with E-state index in [1.54, 1.807) is 29.6 Å². The molecule has 1 aromatic heterocycles. The quantitative estimate of drug-likeness (QED) is 0.354. The van der Waals surface area contributed by atoms with Gasteiger partial charge in [-0.2, -0.15) is 0 Å². The molecule has 0 bridgehead atoms. The van der Waals surface area contributed by atoms with Gasteiger partial charge in [-0.05, 0) is 35.6 Å². The summed E-state index contributed by atoms with van der Waals surface area (Å²) in [4.78, 5) is 27.5. The van der Waals surface area contributed by atoms with Crippen molar-refractivity contribution in [3.8, 4) is 0 Å². The van der Waals surface area contributed by atoms with E-state index in [1.165, 1.54) is 17.4 Å². The van der Waals surface area contributed by atoms with Crippen LogP contribution in [0.4, 0.5) is 14.5 Å². The molecular weight excluding hydrogens is 408 g/mol. The van der Waals surface area contributed by atoms with Crippen molar-refractivity contribution >= 4 is 34.5 Å². The SMILES string of the molecule is CCc1ccc(/C(O)=C2/C(=O)C(=O)N(c3ccc(F)c(F)c3)C2c2cccs2)cc1. The highest BCUT2D eigenvalue weighted by molar-refractivity contribution is 7.10. The molecule has 0 saturated carbocycles. The number of halogens is 2. The number of Topliss-reactive ketones (excluding diaryl/α,β-unsaturated/α-hetero) is 1. The van der Waals surface area contributed by atoms with Gasteiger partial charge in [0, 0.05) is 22.2 Å². The molecule has 3 aromatic rings. The number of nitrogens with zero attached hydrogens (tertiary/aromatic N) is 1. The van der Waals surface area contributed by atoms with Crippen LogP contribution in [-0.2, 0) is 16.0 Å². The zero-order chi connectivity index (χ0) is 21.4. The molecule has 1 amide bonds. The highest BCUT2D eigenvalue weighted by Gasteiger charge is 2.47. The molecule has 0 spiro atoms. The molecule has 4 rings (SSSR count). The van der Waals surface area contributed by atoms with E-state index in [9.17, 15) is 23.5 Å². The third-order valence-electron chi connectivity index (χ3n) is 5.07. The molecule has 1 atom stereocenters. The molecule has 2 heterocycles. The van der Waals surface area contributed by atoms with Gasteiger partial charge in [-0.3, -0.25) is 14.5 Å². The van der Waals surface area contributed by atoms with E-state index < -0.39 is 29.4 Å². The largest absolute Gasteiger partial charge is 0.507 e. The lowest BCUT2D eigenvalue weighted by Gasteiger charge is -2.24. The second kappa shape index (κ2) is 7.84. The summed E-state index contributed by atoms with van der Waals surface area (Å²) in [5, 5.41) is 12.7. The Balaban J connectivity index is 1.90. The molecule has 0 aliphatic carbocycles. The van der Waals surface area contributed by atoms with Gasteiger partial charge in [0.1, 0.15) is 11.8 Å². The lowest BCUT2D eigenvalue weighted by molar-refractivity contribution is -0.132. The molecule has 1 saturated heterocycles. The van der Waals surface area contributed by atoms with Crippen molar-refractivity contribution in [1.29, 1.82) is 0 Å². The maximum atomic E-state index is 13.9. The van der Waals surface area contributed by atoms with Crippen molar-refractivity contribution in [3.05, 3.63) is 93.2 Å². The summed E-state index contributed by atoms with van der Waals surface area (Å²) in [5.74, 6) is -4.28. The molecule has 4 nitrogen and oxygen atoms in total. The average Bonchev–Trinajstić information content (AvgIpc) is 3.37. The number of aliphatic hydroxyl groups excluding tert-OH is 1. The fourth-order valence-corrected chi connectivity index (χ4v) is 4.33. The highest BCUT2D eigenvalue weighted by Crippen LogP contribution is 2.43. The van der Waals surface area contributed by atoms with Crippen LogP contribution in [0.1, 0.15) is 29.0 Å². The van der Waals surface area contributed by atoms with E-state index in [-0.39, 0.29) is 17.0 Å². The van der Waals surface area contributed by atoms with Gasteiger partial charge in [-0.25, -0.2) is 8.78 Å². The summed E-state index contributed by atoms with van der Waals surface area (Å²) >= 11 is 1.29. The third-order valence-corrected chi connectivity index (χ3v) is 6.00. The molecular formula is C23H17F2NO3S. The minimum Gasteiger partial charge on any atom is -0.507 e. The molecule has 1 aliphatic rings. The number of aryl methyl sites for hydroxylation is 1. The Morgan fingerprint density at radius 2 is 1.80 bits per heavy atom. The van der Waals surface area contributed by atoms with Crippen LogP contribution >= 0.6 is 11.3 Å². The zero-order valence-corrected chi connectivity index (χ0v) is 16.7. The van der Waals surface area contributed by atoms with Crippen molar-refractivity contribution in [1.82, 2.24) is 0 Å². The van der Waals surface area contributed by atoms with Gasteiger partial charge in [0.2, 0.25) is 0 Å². The molecule has 1 aliphatic heterocycles. The Morgan fingerprint density at radius 3 is 2.40 bits per heavy atom. The van der Waals surface area contributed by atoms with E-state index in [1.807, 2.05) is 19.1 Å². The fraction of sp³-hybridized carbons (Fsp3) is 0.130. The van der Waals surface area contributed by atoms with Crippen LogP contribution in [0, 0.1) is 11.6 Å². The first kappa shape index (κ1) is 20.0. The van der Waals surface area contributed by atoms with Crippen molar-refractivity contribution in [2.75, 3.05) is 4.90 Å². The summed E-state index contributed by atoms with van der Waals surface area (Å²) in [6.07, 6.45) is 0.816. The number of hydrogen-bond donors (Lipinski definition) is 1. The third kappa shape index (κ3) is 3.31. The predicted molar refractivity (Wildman–Crippen MR) is 111 cm³/mol. The number of hydrogen-bond acceptors (Lipinski definition) is 4. The van der Waals surface area contributed by atoms with Crippen LogP contribution in [0.5, 0.6) is 0 Å². The molecule has 1 fully saturated rings. The van der Waals surface area contributed by atoms with E-state index in [0.717, 1.165) is 29.0 Å². The van der Waals surface area contributed by atoms with E-state index >= 15 is 0 Å². The number of carbonyl (C=O) groups is 2. The molecule has 1 N–H and O–H groups in total. The van der Waals surface area contributed by atoms with Gasteiger partial charge in [0.25, 0.3) is 11.7 Å². The van der Waals surface area contributed by atoms with Crippen LogP contribution in [0.25, 0.3) is 5.76 Å². The monoisotopic (exact) mass is 425 g/mol. The van der Waals surface area contributed by atoms with Crippen LogP contribution in [0.2, 0.25) is 0 Å². The van der Waals surface area contributed by atoms with Crippen LogP contribution in [0.3, 0.4) is 0 Å². The van der Waals surface area contributed by atoms with Crippen molar-refractivity contribution in [2.45, 2.75) is 19.4 Å². The van der Waals surface area contributed by atoms with Gasteiger partial charge >= 0.3 is 0 Å². The smallest absolute Gasteiger partial charge is 0.300 e. The number of benzene rings is 2. The molecule has 30 heavy (non-hydrogen) atoms. The van der Waals surface area contributed by atoms with Crippen LogP contribution in [0.15, 0.2) is 65.6 Å². The number of rotatable bonds is 4. The van der Waals surface area contributed by atoms with Crippen molar-refractivity contribution < 1.29 is 23.5 Å². The molecule has 7 heteroatoms. The van der Waals surface area contributed by atoms with Gasteiger partial charge in [0.15, 0.2) is 11.6 Å². The Bertz CT molecular complexity index is 1150. The van der Waals surface area contributed by atoms with Gasteiger partial charge in [-0.15, -0.1) is 11.3 Å². The normalized spacial score (nSPS) is 18.2. The lowest BCUT2D eigenvalue weighted by atomic mass is 9.99. The number of anilines is 1. The highest BCUT2D eigenvalue weighted by atomic mass is 32.1. The first-order valence-corrected chi connectivity index (χ1v) is 10.2. The average molecular weight is 425 g/mol. The van der Waals surface area contributed by atoms with Crippen molar-refractivity contribution in [2.24, 2.45) is 0 Å². The number of thiophene rings is 1. The summed E-state index contributed by atoms with van der Waals surface area (Å²) in [6.45, 7) is 2.00. The van der Waals surface area contributed by atoms with E-state index in [4.69, 9.17) is 0 Å². The minimum atomic E-state index is -1.13. The van der Waals surface area contributed by atoms with Gasteiger partial charge < -0.3 is 5.11 Å². The standard InChI is InChI=1S/C23H17F2NO3S/c1-2-13-5-7-14(8-6-13)21(27)19-20(18-4-3-11-30-18)26(23(29)22(19)28)15-9-10-16(24)17(25)12-15/h3-12,20,27H,2H2,1H3/b21-19-. The Morgan fingerprint density at radius 1 is 1.07 bits per heavy atom. The minimum absolute atomic E-state index is 0.0368. The number of carbonyl (C=O) groups excluding carboxylic acids is 2. The Hall–Kier alpha value is -3.32. The maximum Gasteiger partial charge on any atom is 0.300 e. The Labute approximate surface area is 175 Å². The van der Waals surface area contributed by atoms with Gasteiger partial charge in [-0.1, -0.05) is 37.3 Å². The topological polar surface area (TPSA) is 57.6 Å². The summed E-state index contributed by atoms with van der Waals surface area (Å²) < 4.78 is 27.3. The summed E-state index contributed by atoms with van der Waals surface area (Å²) in [7, 11) is 0. The number of amides is 1. The first-order valence-electron chi connectivity index (χ1n) is 9.31. The molecule has 0 radical (unpaired) electrons. The van der Waals surface area contributed by atoms with Crippen LogP contribution in [-0.4, -0.2) is 16.8 Å². The second-order valence-corrected chi connectivity index (χ2v) is 7.81. The summed E-state index contributed by atoms with van der Waals surface area (Å²) in [6, 6.07) is 12.6. The fourth-order valence-electron chi connectivity index (χ4n) is 3.50. The van der Waals surface area contributed by atoms with Crippen LogP contribution < -0.4 is 4.90 Å². The molecule has 1 unspecified atom stereocenters. The van der Waals surface area contributed by atoms with Crippen molar-refractivity contribution in [3.63, 3.8) is 0 Å². The number of ketones is 1. The lowest BCUT2D eigenvalue weighted by Crippen LogP contribution is -2.29. The van der Waals surface area contributed by atoms with Gasteiger partial charge in [0.05, 0.1) is 5.57 Å². The Kier molecular flexibility index (Phi) is 5.22.